The number of ether oxygens (including phenoxy) is 1. The average molecular weight is 495 g/mol. The van der Waals surface area contributed by atoms with Gasteiger partial charge in [0.05, 0.1) is 18.4 Å². The van der Waals surface area contributed by atoms with Crippen LogP contribution in [0.1, 0.15) is 33.4 Å². The molecular formula is C26H36N7O3+. The molecule has 2 aromatic heterocycles. The molecule has 0 unspecified atom stereocenters. The summed E-state index contributed by atoms with van der Waals surface area (Å²) in [6, 6.07) is 7.54. The number of hydrogen-bond acceptors (Lipinski definition) is 6. The van der Waals surface area contributed by atoms with E-state index in [9.17, 15) is 9.59 Å². The number of likely N-dealkylation sites (N-methyl/N-ethyl adjacent to an activating group) is 2. The number of carbonyl (C=O) groups excluding carboxylic acids is 2. The second-order valence-electron chi connectivity index (χ2n) is 9.82. The van der Waals surface area contributed by atoms with Gasteiger partial charge in [0.25, 0.3) is 0 Å². The quantitative estimate of drug-likeness (QED) is 0.400. The maximum Gasteiger partial charge on any atom is 0.474 e. The van der Waals surface area contributed by atoms with Crippen molar-refractivity contribution < 1.29 is 18.9 Å². The van der Waals surface area contributed by atoms with E-state index in [1.165, 1.54) is 0 Å². The molecule has 0 fully saturated rings. The van der Waals surface area contributed by atoms with Crippen LogP contribution in [0.15, 0.2) is 42.7 Å². The highest BCUT2D eigenvalue weighted by Crippen LogP contribution is 2.27. The van der Waals surface area contributed by atoms with Crippen molar-refractivity contribution in [2.45, 2.75) is 39.7 Å². The summed E-state index contributed by atoms with van der Waals surface area (Å²) in [6.07, 6.45) is 5.11. The number of nitrogens with one attached hydrogen (secondary N) is 1. The number of rotatable bonds is 7. The third kappa shape index (κ3) is 6.25. The van der Waals surface area contributed by atoms with Crippen molar-refractivity contribution >= 4 is 34.5 Å². The van der Waals surface area contributed by atoms with Crippen molar-refractivity contribution in [3.8, 4) is 5.69 Å². The molecule has 1 aromatic carbocycles. The molecular weight excluding hydrogens is 458 g/mol. The topological polar surface area (TPSA) is 96.5 Å². The summed E-state index contributed by atoms with van der Waals surface area (Å²) in [5.74, 6) is 0.425. The molecule has 0 saturated heterocycles. The molecule has 36 heavy (non-hydrogen) atoms. The minimum absolute atomic E-state index is 0.123. The Balaban J connectivity index is 2.02. The fraction of sp³-hybridized carbons (Fsp3) is 0.423. The van der Waals surface area contributed by atoms with E-state index < -0.39 is 11.7 Å². The number of amides is 2. The zero-order chi connectivity index (χ0) is 26.6. The van der Waals surface area contributed by atoms with Crippen molar-refractivity contribution in [3.63, 3.8) is 0 Å². The van der Waals surface area contributed by atoms with Gasteiger partial charge in [-0.3, -0.25) is 4.79 Å². The second-order valence-corrected chi connectivity index (χ2v) is 9.82. The molecule has 192 valence electrons. The van der Waals surface area contributed by atoms with Crippen LogP contribution < -0.4 is 14.8 Å². The van der Waals surface area contributed by atoms with Crippen LogP contribution in [0.4, 0.5) is 16.3 Å². The maximum atomic E-state index is 12.7. The van der Waals surface area contributed by atoms with Crippen LogP contribution >= 0.6 is 0 Å². The van der Waals surface area contributed by atoms with Gasteiger partial charge in [0.1, 0.15) is 11.0 Å². The highest BCUT2D eigenvalue weighted by atomic mass is 16.6. The lowest BCUT2D eigenvalue weighted by atomic mass is 10.2. The highest BCUT2D eigenvalue weighted by Gasteiger charge is 2.27. The van der Waals surface area contributed by atoms with Gasteiger partial charge in [0.2, 0.25) is 23.7 Å². The van der Waals surface area contributed by atoms with Crippen molar-refractivity contribution in [1.82, 2.24) is 19.7 Å². The van der Waals surface area contributed by atoms with Crippen molar-refractivity contribution in [3.05, 3.63) is 48.4 Å². The van der Waals surface area contributed by atoms with Crippen LogP contribution in [0.3, 0.4) is 0 Å². The molecule has 2 heterocycles. The first-order valence-corrected chi connectivity index (χ1v) is 11.9. The number of carbonyl (C=O) groups is 2. The zero-order valence-corrected chi connectivity index (χ0v) is 22.4. The second kappa shape index (κ2) is 10.9. The SMILES string of the molecule is CCc1nn(-c2cccc(N(C)C(=O)C=CCN(C)C)c2)c2nc[n+](C)c(NC(=O)OC(C)(C)C)c12. The molecule has 1 N–H and O–H groups in total. The van der Waals surface area contributed by atoms with E-state index in [-0.39, 0.29) is 5.91 Å². The Kier molecular flexibility index (Phi) is 8.09. The minimum atomic E-state index is -0.627. The molecule has 0 aliphatic rings. The van der Waals surface area contributed by atoms with E-state index in [0.717, 1.165) is 22.5 Å². The summed E-state index contributed by atoms with van der Waals surface area (Å²) in [6.45, 7) is 8.13. The van der Waals surface area contributed by atoms with Crippen molar-refractivity contribution in [2.75, 3.05) is 37.9 Å². The largest absolute Gasteiger partial charge is 0.474 e. The lowest BCUT2D eigenvalue weighted by molar-refractivity contribution is -0.658. The van der Waals surface area contributed by atoms with Crippen LogP contribution in [-0.2, 0) is 23.0 Å². The van der Waals surface area contributed by atoms with Gasteiger partial charge in [-0.1, -0.05) is 24.1 Å². The normalized spacial score (nSPS) is 11.9. The molecule has 2 amide bonds. The summed E-state index contributed by atoms with van der Waals surface area (Å²) in [5, 5.41) is 8.40. The average Bonchev–Trinajstić information content (AvgIpc) is 3.18. The molecule has 0 radical (unpaired) electrons. The number of anilines is 2. The van der Waals surface area contributed by atoms with Crippen LogP contribution in [0.5, 0.6) is 0 Å². The van der Waals surface area contributed by atoms with E-state index >= 15 is 0 Å². The number of aromatic nitrogens is 4. The molecule has 3 aromatic rings. The molecule has 10 heteroatoms. The van der Waals surface area contributed by atoms with Crippen molar-refractivity contribution in [1.29, 1.82) is 0 Å². The summed E-state index contributed by atoms with van der Waals surface area (Å²) in [7, 11) is 7.44. The number of benzene rings is 1. The standard InChI is InChI=1S/C26H35N7O3/c1-9-20-22-23(27-17-31(7)24(22)28-25(35)36-26(2,3)4)33(29-20)19-13-10-12-18(16-19)32(8)21(34)14-11-15-30(5)6/h10-14,16-17H,9,15H2,1-8H3/p+1. The predicted octanol–water partition coefficient (Wildman–Crippen LogP) is 3.24. The summed E-state index contributed by atoms with van der Waals surface area (Å²) < 4.78 is 8.93. The Labute approximate surface area is 212 Å². The Morgan fingerprint density at radius 3 is 2.58 bits per heavy atom. The van der Waals surface area contributed by atoms with Gasteiger partial charge < -0.3 is 14.5 Å². The van der Waals surface area contributed by atoms with E-state index in [2.05, 4.69) is 10.3 Å². The predicted molar refractivity (Wildman–Crippen MR) is 140 cm³/mol. The zero-order valence-electron chi connectivity index (χ0n) is 22.4. The van der Waals surface area contributed by atoms with Gasteiger partial charge in [0, 0.05) is 25.4 Å². The summed E-state index contributed by atoms with van der Waals surface area (Å²) in [5.41, 5.74) is 2.22. The first-order chi connectivity index (χ1) is 16.9. The first kappa shape index (κ1) is 26.8. The van der Waals surface area contributed by atoms with Gasteiger partial charge in [-0.05, 0) is 59.5 Å². The summed E-state index contributed by atoms with van der Waals surface area (Å²) in [4.78, 5) is 33.4. The number of fused-ring (bicyclic) bond motifs is 1. The van der Waals surface area contributed by atoms with Crippen LogP contribution in [0.25, 0.3) is 16.7 Å². The molecule has 0 aliphatic carbocycles. The lowest BCUT2D eigenvalue weighted by Gasteiger charge is -2.18. The van der Waals surface area contributed by atoms with Crippen molar-refractivity contribution in [2.24, 2.45) is 7.05 Å². The van der Waals surface area contributed by atoms with Gasteiger partial charge in [-0.15, -0.1) is 0 Å². The van der Waals surface area contributed by atoms with E-state index in [0.29, 0.717) is 24.4 Å². The number of hydrogen-bond donors (Lipinski definition) is 1. The van der Waals surface area contributed by atoms with Gasteiger partial charge in [-0.2, -0.15) is 9.78 Å². The monoisotopic (exact) mass is 494 g/mol. The van der Waals surface area contributed by atoms with Crippen LogP contribution in [0, 0.1) is 0 Å². The Morgan fingerprint density at radius 1 is 1.22 bits per heavy atom. The molecule has 3 rings (SSSR count). The minimum Gasteiger partial charge on any atom is -0.432 e. The molecule has 0 atom stereocenters. The van der Waals surface area contributed by atoms with Gasteiger partial charge >= 0.3 is 6.09 Å². The Bertz CT molecular complexity index is 1290. The summed E-state index contributed by atoms with van der Waals surface area (Å²) >= 11 is 0. The molecule has 0 bridgehead atoms. The first-order valence-electron chi connectivity index (χ1n) is 11.9. The smallest absolute Gasteiger partial charge is 0.432 e. The Morgan fingerprint density at radius 2 is 1.94 bits per heavy atom. The van der Waals surface area contributed by atoms with Crippen LogP contribution in [0.2, 0.25) is 0 Å². The third-order valence-electron chi connectivity index (χ3n) is 5.35. The van der Waals surface area contributed by atoms with E-state index in [1.807, 2.05) is 77.0 Å². The number of aryl methyl sites for hydroxylation is 2. The van der Waals surface area contributed by atoms with E-state index in [4.69, 9.17) is 9.84 Å². The molecule has 0 spiro atoms. The Hall–Kier alpha value is -3.79. The molecule has 0 saturated carbocycles. The highest BCUT2D eigenvalue weighted by molar-refractivity contribution is 6.01. The van der Waals surface area contributed by atoms with Crippen LogP contribution in [-0.4, -0.2) is 65.0 Å². The van der Waals surface area contributed by atoms with E-state index in [1.54, 1.807) is 40.6 Å². The third-order valence-corrected chi connectivity index (χ3v) is 5.35. The fourth-order valence-corrected chi connectivity index (χ4v) is 3.61. The molecule has 10 nitrogen and oxygen atoms in total. The fourth-order valence-electron chi connectivity index (χ4n) is 3.61. The number of nitrogens with zero attached hydrogens (tertiary/aromatic N) is 6. The lowest BCUT2D eigenvalue weighted by Crippen LogP contribution is -2.37. The van der Waals surface area contributed by atoms with Gasteiger partial charge in [-0.25, -0.2) is 14.7 Å². The molecule has 0 aliphatic heterocycles. The van der Waals surface area contributed by atoms with Gasteiger partial charge in [0.15, 0.2) is 0 Å². The maximum absolute atomic E-state index is 12.7.